The molecule has 1 aromatic heterocycles. The van der Waals surface area contributed by atoms with Crippen molar-refractivity contribution in [2.45, 2.75) is 63.6 Å². The smallest absolute Gasteiger partial charge is 0.354 e. The SMILES string of the molecule is O=C(CCC1CCCCC1)NC1CCN(c2ccc(C(F)(F)F)cn2)C1. The fourth-order valence-electron chi connectivity index (χ4n) is 3.94. The molecule has 1 aromatic rings. The molecule has 2 heterocycles. The van der Waals surface area contributed by atoms with Gasteiger partial charge in [-0.1, -0.05) is 32.1 Å². The van der Waals surface area contributed by atoms with Crippen LogP contribution in [-0.4, -0.2) is 30.0 Å². The number of hydrogen-bond donors (Lipinski definition) is 1. The predicted molar refractivity (Wildman–Crippen MR) is 93.8 cm³/mol. The van der Waals surface area contributed by atoms with Crippen LogP contribution in [0.3, 0.4) is 0 Å². The van der Waals surface area contributed by atoms with E-state index in [9.17, 15) is 18.0 Å². The lowest BCUT2D eigenvalue weighted by Crippen LogP contribution is -2.37. The van der Waals surface area contributed by atoms with Crippen LogP contribution in [0.15, 0.2) is 18.3 Å². The van der Waals surface area contributed by atoms with Crippen LogP contribution in [0.2, 0.25) is 0 Å². The van der Waals surface area contributed by atoms with Gasteiger partial charge in [0.2, 0.25) is 5.91 Å². The van der Waals surface area contributed by atoms with E-state index in [1.807, 2.05) is 4.90 Å². The van der Waals surface area contributed by atoms with Crippen molar-refractivity contribution in [3.8, 4) is 0 Å². The van der Waals surface area contributed by atoms with E-state index in [1.54, 1.807) is 0 Å². The van der Waals surface area contributed by atoms with Crippen LogP contribution in [0.25, 0.3) is 0 Å². The fraction of sp³-hybridized carbons (Fsp3) is 0.684. The van der Waals surface area contributed by atoms with Crippen molar-refractivity contribution in [2.75, 3.05) is 18.0 Å². The Balaban J connectivity index is 1.43. The van der Waals surface area contributed by atoms with Crippen LogP contribution in [-0.2, 0) is 11.0 Å². The van der Waals surface area contributed by atoms with Gasteiger partial charge < -0.3 is 10.2 Å². The highest BCUT2D eigenvalue weighted by molar-refractivity contribution is 5.76. The zero-order chi connectivity index (χ0) is 18.6. The summed E-state index contributed by atoms with van der Waals surface area (Å²) in [4.78, 5) is 18.0. The molecule has 7 heteroatoms. The second-order valence-electron chi connectivity index (χ2n) is 7.44. The molecule has 2 fully saturated rings. The number of pyridine rings is 1. The molecule has 1 aliphatic carbocycles. The molecule has 1 amide bonds. The van der Waals surface area contributed by atoms with Gasteiger partial charge in [-0.2, -0.15) is 13.2 Å². The van der Waals surface area contributed by atoms with Crippen molar-refractivity contribution in [1.82, 2.24) is 10.3 Å². The van der Waals surface area contributed by atoms with E-state index in [0.717, 1.165) is 25.1 Å². The maximum Gasteiger partial charge on any atom is 0.417 e. The average Bonchev–Trinajstić information content (AvgIpc) is 3.09. The van der Waals surface area contributed by atoms with E-state index >= 15 is 0 Å². The molecule has 1 N–H and O–H groups in total. The van der Waals surface area contributed by atoms with Crippen molar-refractivity contribution in [3.05, 3.63) is 23.9 Å². The third-order valence-electron chi connectivity index (χ3n) is 5.46. The molecule has 3 rings (SSSR count). The average molecular weight is 369 g/mol. The first-order valence-corrected chi connectivity index (χ1v) is 9.49. The minimum atomic E-state index is -4.37. The summed E-state index contributed by atoms with van der Waals surface area (Å²) >= 11 is 0. The van der Waals surface area contributed by atoms with Gasteiger partial charge in [-0.3, -0.25) is 4.79 Å². The number of anilines is 1. The lowest BCUT2D eigenvalue weighted by Gasteiger charge is -2.22. The molecule has 4 nitrogen and oxygen atoms in total. The Hall–Kier alpha value is -1.79. The van der Waals surface area contributed by atoms with Crippen molar-refractivity contribution in [2.24, 2.45) is 5.92 Å². The zero-order valence-electron chi connectivity index (χ0n) is 14.9. The number of hydrogen-bond acceptors (Lipinski definition) is 3. The lowest BCUT2D eigenvalue weighted by atomic mass is 9.86. The van der Waals surface area contributed by atoms with E-state index < -0.39 is 11.7 Å². The van der Waals surface area contributed by atoms with Crippen LogP contribution < -0.4 is 10.2 Å². The number of nitrogens with zero attached hydrogens (tertiary/aromatic N) is 2. The van der Waals surface area contributed by atoms with Crippen molar-refractivity contribution in [1.29, 1.82) is 0 Å². The number of alkyl halides is 3. The van der Waals surface area contributed by atoms with Gasteiger partial charge in [0.1, 0.15) is 5.82 Å². The highest BCUT2D eigenvalue weighted by Gasteiger charge is 2.31. The molecule has 1 aliphatic heterocycles. The summed E-state index contributed by atoms with van der Waals surface area (Å²) in [5.41, 5.74) is -0.743. The number of carbonyl (C=O) groups is 1. The molecule has 1 saturated carbocycles. The first-order valence-electron chi connectivity index (χ1n) is 9.49. The maximum absolute atomic E-state index is 12.6. The highest BCUT2D eigenvalue weighted by atomic mass is 19.4. The fourth-order valence-corrected chi connectivity index (χ4v) is 3.94. The third kappa shape index (κ3) is 5.11. The van der Waals surface area contributed by atoms with Crippen molar-refractivity contribution < 1.29 is 18.0 Å². The van der Waals surface area contributed by atoms with Gasteiger partial charge in [0.15, 0.2) is 0 Å². The van der Waals surface area contributed by atoms with Crippen LogP contribution in [0, 0.1) is 5.92 Å². The first-order chi connectivity index (χ1) is 12.4. The number of rotatable bonds is 5. The molecular formula is C19H26F3N3O. The summed E-state index contributed by atoms with van der Waals surface area (Å²) in [6, 6.07) is 2.49. The minimum Gasteiger partial charge on any atom is -0.354 e. The van der Waals surface area contributed by atoms with Crippen LogP contribution in [0.1, 0.15) is 56.9 Å². The number of nitrogens with one attached hydrogen (secondary N) is 1. The molecule has 1 atom stereocenters. The van der Waals surface area contributed by atoms with Gasteiger partial charge >= 0.3 is 6.18 Å². The van der Waals surface area contributed by atoms with Gasteiger partial charge in [0.25, 0.3) is 0 Å². The lowest BCUT2D eigenvalue weighted by molar-refractivity contribution is -0.137. The molecule has 1 saturated heterocycles. The Morgan fingerprint density at radius 1 is 1.19 bits per heavy atom. The molecule has 144 valence electrons. The number of aromatic nitrogens is 1. The van der Waals surface area contributed by atoms with Crippen LogP contribution in [0.5, 0.6) is 0 Å². The summed E-state index contributed by atoms with van der Waals surface area (Å²) < 4.78 is 37.8. The molecule has 0 aromatic carbocycles. The zero-order valence-corrected chi connectivity index (χ0v) is 14.9. The second kappa shape index (κ2) is 8.27. The summed E-state index contributed by atoms with van der Waals surface area (Å²) in [6.45, 7) is 1.28. The monoisotopic (exact) mass is 369 g/mol. The van der Waals surface area contributed by atoms with Crippen LogP contribution >= 0.6 is 0 Å². The molecule has 0 radical (unpaired) electrons. The Kier molecular flexibility index (Phi) is 6.04. The minimum absolute atomic E-state index is 0.0398. The molecular weight excluding hydrogens is 343 g/mol. The van der Waals surface area contributed by atoms with E-state index in [4.69, 9.17) is 0 Å². The van der Waals surface area contributed by atoms with Crippen LogP contribution in [0.4, 0.5) is 19.0 Å². The Morgan fingerprint density at radius 3 is 2.62 bits per heavy atom. The molecule has 26 heavy (non-hydrogen) atoms. The molecule has 0 bridgehead atoms. The Labute approximate surface area is 152 Å². The van der Waals surface area contributed by atoms with E-state index in [0.29, 0.717) is 31.2 Å². The molecule has 2 aliphatic rings. The maximum atomic E-state index is 12.6. The van der Waals surface area contributed by atoms with Crippen molar-refractivity contribution in [3.63, 3.8) is 0 Å². The highest BCUT2D eigenvalue weighted by Crippen LogP contribution is 2.30. The van der Waals surface area contributed by atoms with Gasteiger partial charge in [0.05, 0.1) is 5.56 Å². The molecule has 1 unspecified atom stereocenters. The van der Waals surface area contributed by atoms with E-state index in [2.05, 4.69) is 10.3 Å². The number of carbonyl (C=O) groups excluding carboxylic acids is 1. The first kappa shape index (κ1) is 19.0. The Bertz CT molecular complexity index is 597. The van der Waals surface area contributed by atoms with Gasteiger partial charge in [-0.05, 0) is 30.9 Å². The van der Waals surface area contributed by atoms with Gasteiger partial charge in [-0.15, -0.1) is 0 Å². The third-order valence-corrected chi connectivity index (χ3v) is 5.46. The summed E-state index contributed by atoms with van der Waals surface area (Å²) in [6.07, 6.45) is 5.18. The normalized spacial score (nSPS) is 21.8. The standard InChI is InChI=1S/C19H26F3N3O/c20-19(21,22)15-7-8-17(23-12-15)25-11-10-16(13-25)24-18(26)9-6-14-4-2-1-3-5-14/h7-8,12,14,16H,1-6,9-11,13H2,(H,24,26). The van der Waals surface area contributed by atoms with Gasteiger partial charge in [-0.25, -0.2) is 4.98 Å². The summed E-state index contributed by atoms with van der Waals surface area (Å²) in [5, 5.41) is 3.07. The summed E-state index contributed by atoms with van der Waals surface area (Å²) in [7, 11) is 0. The second-order valence-corrected chi connectivity index (χ2v) is 7.44. The predicted octanol–water partition coefficient (Wildman–Crippen LogP) is 4.16. The topological polar surface area (TPSA) is 45.2 Å². The number of amides is 1. The summed E-state index contributed by atoms with van der Waals surface area (Å²) in [5.74, 6) is 1.30. The van der Waals surface area contributed by atoms with Gasteiger partial charge in [0, 0.05) is 31.7 Å². The number of halogens is 3. The molecule has 0 spiro atoms. The quantitative estimate of drug-likeness (QED) is 0.848. The Morgan fingerprint density at radius 2 is 1.96 bits per heavy atom. The largest absolute Gasteiger partial charge is 0.417 e. The van der Waals surface area contributed by atoms with E-state index in [-0.39, 0.29) is 11.9 Å². The van der Waals surface area contributed by atoms with E-state index in [1.165, 1.54) is 38.2 Å². The van der Waals surface area contributed by atoms with Crippen molar-refractivity contribution >= 4 is 11.7 Å².